The van der Waals surface area contributed by atoms with Crippen molar-refractivity contribution in [3.05, 3.63) is 29.7 Å². The number of carbonyl (C=O) groups is 1. The summed E-state index contributed by atoms with van der Waals surface area (Å²) in [6, 6.07) is 1.98. The molecule has 2 aromatic heterocycles. The standard InChI is InChI=1S/C18H28N6O/c1-14-10-17-21-12-15(13-24(17)22-14)11-20-6-2-3-7-23-8-4-16(5-9-23)18(19)25/h10,12-13,16,20H,2-9,11H2,1H3,(H2,19,25). The molecule has 1 aliphatic rings. The lowest BCUT2D eigenvalue weighted by Gasteiger charge is -2.30. The minimum absolute atomic E-state index is 0.0856. The van der Waals surface area contributed by atoms with Crippen LogP contribution in [0.2, 0.25) is 0 Å². The minimum Gasteiger partial charge on any atom is -0.369 e. The average Bonchev–Trinajstić information content (AvgIpc) is 2.97. The molecule has 136 valence electrons. The van der Waals surface area contributed by atoms with Gasteiger partial charge in [0, 0.05) is 36.5 Å². The summed E-state index contributed by atoms with van der Waals surface area (Å²) in [5.74, 6) is -0.0516. The molecule has 3 N–H and O–H groups in total. The molecule has 0 radical (unpaired) electrons. The largest absolute Gasteiger partial charge is 0.369 e. The highest BCUT2D eigenvalue weighted by Gasteiger charge is 2.22. The molecule has 1 amide bonds. The van der Waals surface area contributed by atoms with Crippen LogP contribution >= 0.6 is 0 Å². The van der Waals surface area contributed by atoms with E-state index in [0.29, 0.717) is 0 Å². The van der Waals surface area contributed by atoms with Crippen LogP contribution in [0.15, 0.2) is 18.5 Å². The molecular formula is C18H28N6O. The Kier molecular flexibility index (Phi) is 5.99. The number of amides is 1. The van der Waals surface area contributed by atoms with Crippen LogP contribution in [0, 0.1) is 12.8 Å². The molecule has 7 heteroatoms. The summed E-state index contributed by atoms with van der Waals surface area (Å²) in [6.45, 7) is 6.88. The maximum atomic E-state index is 11.2. The van der Waals surface area contributed by atoms with Crippen molar-refractivity contribution in [1.82, 2.24) is 24.8 Å². The molecule has 0 bridgehead atoms. The topological polar surface area (TPSA) is 88.5 Å². The summed E-state index contributed by atoms with van der Waals surface area (Å²) >= 11 is 0. The van der Waals surface area contributed by atoms with Gasteiger partial charge in [-0.1, -0.05) is 0 Å². The van der Waals surface area contributed by atoms with Gasteiger partial charge >= 0.3 is 0 Å². The molecule has 1 saturated heterocycles. The molecule has 0 saturated carbocycles. The lowest BCUT2D eigenvalue weighted by Crippen LogP contribution is -2.39. The molecule has 3 heterocycles. The molecule has 7 nitrogen and oxygen atoms in total. The first-order chi connectivity index (χ1) is 12.1. The summed E-state index contributed by atoms with van der Waals surface area (Å²) in [4.78, 5) is 18.0. The fourth-order valence-electron chi connectivity index (χ4n) is 3.38. The first-order valence-electron chi connectivity index (χ1n) is 9.15. The number of unbranched alkanes of at least 4 members (excludes halogenated alkanes) is 1. The average molecular weight is 344 g/mol. The molecule has 0 aliphatic carbocycles. The van der Waals surface area contributed by atoms with Crippen LogP contribution in [0.3, 0.4) is 0 Å². The van der Waals surface area contributed by atoms with Crippen LogP contribution < -0.4 is 11.1 Å². The molecule has 1 fully saturated rings. The highest BCUT2D eigenvalue weighted by Crippen LogP contribution is 2.16. The van der Waals surface area contributed by atoms with E-state index in [1.165, 1.54) is 6.42 Å². The van der Waals surface area contributed by atoms with Crippen molar-refractivity contribution < 1.29 is 4.79 Å². The van der Waals surface area contributed by atoms with E-state index in [1.807, 2.05) is 29.9 Å². The monoisotopic (exact) mass is 344 g/mol. The summed E-state index contributed by atoms with van der Waals surface area (Å²) in [5.41, 5.74) is 8.39. The molecule has 0 aromatic carbocycles. The van der Waals surface area contributed by atoms with E-state index in [1.54, 1.807) is 0 Å². The number of hydrogen-bond donors (Lipinski definition) is 2. The van der Waals surface area contributed by atoms with Gasteiger partial charge in [-0.05, 0) is 58.8 Å². The van der Waals surface area contributed by atoms with Gasteiger partial charge in [-0.3, -0.25) is 4.79 Å². The Morgan fingerprint density at radius 3 is 2.92 bits per heavy atom. The van der Waals surface area contributed by atoms with Gasteiger partial charge in [0.05, 0.1) is 5.69 Å². The van der Waals surface area contributed by atoms with Crippen molar-refractivity contribution in [3.63, 3.8) is 0 Å². The van der Waals surface area contributed by atoms with E-state index in [2.05, 4.69) is 20.3 Å². The Morgan fingerprint density at radius 1 is 1.36 bits per heavy atom. The van der Waals surface area contributed by atoms with Crippen molar-refractivity contribution in [2.24, 2.45) is 11.7 Å². The van der Waals surface area contributed by atoms with Gasteiger partial charge in [0.2, 0.25) is 5.91 Å². The molecule has 1 aliphatic heterocycles. The van der Waals surface area contributed by atoms with E-state index >= 15 is 0 Å². The smallest absolute Gasteiger partial charge is 0.220 e. The highest BCUT2D eigenvalue weighted by molar-refractivity contribution is 5.76. The normalized spacial score (nSPS) is 16.5. The van der Waals surface area contributed by atoms with Crippen molar-refractivity contribution in [2.75, 3.05) is 26.2 Å². The van der Waals surface area contributed by atoms with Gasteiger partial charge in [-0.15, -0.1) is 0 Å². The quantitative estimate of drug-likeness (QED) is 0.700. The number of hydrogen-bond acceptors (Lipinski definition) is 5. The number of aryl methyl sites for hydroxylation is 1. The summed E-state index contributed by atoms with van der Waals surface area (Å²) in [5, 5.41) is 7.86. The second-order valence-electron chi connectivity index (χ2n) is 6.95. The Hall–Kier alpha value is -1.99. The summed E-state index contributed by atoms with van der Waals surface area (Å²) in [7, 11) is 0. The Balaban J connectivity index is 1.29. The van der Waals surface area contributed by atoms with Crippen molar-refractivity contribution in [1.29, 1.82) is 0 Å². The fraction of sp³-hybridized carbons (Fsp3) is 0.611. The number of likely N-dealkylation sites (tertiary alicyclic amines) is 1. The van der Waals surface area contributed by atoms with E-state index in [0.717, 1.165) is 68.9 Å². The van der Waals surface area contributed by atoms with Crippen LogP contribution in [0.25, 0.3) is 5.65 Å². The van der Waals surface area contributed by atoms with Gasteiger partial charge in [0.25, 0.3) is 0 Å². The molecule has 25 heavy (non-hydrogen) atoms. The number of piperidine rings is 1. The number of carbonyl (C=O) groups excluding carboxylic acids is 1. The molecule has 0 unspecified atom stereocenters. The van der Waals surface area contributed by atoms with Gasteiger partial charge in [0.15, 0.2) is 5.65 Å². The Labute approximate surface area is 148 Å². The maximum Gasteiger partial charge on any atom is 0.220 e. The zero-order valence-corrected chi connectivity index (χ0v) is 14.9. The molecular weight excluding hydrogens is 316 g/mol. The SMILES string of the molecule is Cc1cc2ncc(CNCCCCN3CCC(C(N)=O)CC3)cn2n1. The van der Waals surface area contributed by atoms with Crippen molar-refractivity contribution in [2.45, 2.75) is 39.2 Å². The number of aromatic nitrogens is 3. The predicted molar refractivity (Wildman–Crippen MR) is 97.0 cm³/mol. The van der Waals surface area contributed by atoms with Crippen LogP contribution in [0.4, 0.5) is 0 Å². The van der Waals surface area contributed by atoms with E-state index in [-0.39, 0.29) is 11.8 Å². The zero-order valence-electron chi connectivity index (χ0n) is 14.9. The first-order valence-corrected chi connectivity index (χ1v) is 9.15. The van der Waals surface area contributed by atoms with Crippen molar-refractivity contribution >= 4 is 11.6 Å². The van der Waals surface area contributed by atoms with E-state index < -0.39 is 0 Å². The number of nitrogens with one attached hydrogen (secondary N) is 1. The lowest BCUT2D eigenvalue weighted by molar-refractivity contribution is -0.123. The van der Waals surface area contributed by atoms with Crippen LogP contribution in [-0.2, 0) is 11.3 Å². The molecule has 2 aromatic rings. The number of rotatable bonds is 8. The third-order valence-electron chi connectivity index (χ3n) is 4.89. The number of primary amides is 1. The first kappa shape index (κ1) is 17.8. The number of fused-ring (bicyclic) bond motifs is 1. The van der Waals surface area contributed by atoms with Gasteiger partial charge in [-0.25, -0.2) is 9.50 Å². The predicted octanol–water partition coefficient (Wildman–Crippen LogP) is 1.10. The number of nitrogens with two attached hydrogens (primary N) is 1. The molecule has 3 rings (SSSR count). The summed E-state index contributed by atoms with van der Waals surface area (Å²) < 4.78 is 1.84. The minimum atomic E-state index is -0.137. The van der Waals surface area contributed by atoms with Crippen LogP contribution in [-0.4, -0.2) is 51.6 Å². The second-order valence-corrected chi connectivity index (χ2v) is 6.95. The van der Waals surface area contributed by atoms with E-state index in [9.17, 15) is 4.79 Å². The Morgan fingerprint density at radius 2 is 2.16 bits per heavy atom. The fourth-order valence-corrected chi connectivity index (χ4v) is 3.38. The third-order valence-corrected chi connectivity index (χ3v) is 4.89. The summed E-state index contributed by atoms with van der Waals surface area (Å²) in [6.07, 6.45) is 8.08. The highest BCUT2D eigenvalue weighted by atomic mass is 16.1. The van der Waals surface area contributed by atoms with Gasteiger partial charge in [-0.2, -0.15) is 5.10 Å². The zero-order chi connectivity index (χ0) is 17.6. The van der Waals surface area contributed by atoms with Crippen molar-refractivity contribution in [3.8, 4) is 0 Å². The number of nitrogens with zero attached hydrogens (tertiary/aromatic N) is 4. The second kappa shape index (κ2) is 8.40. The maximum absolute atomic E-state index is 11.2. The lowest BCUT2D eigenvalue weighted by atomic mass is 9.96. The van der Waals surface area contributed by atoms with Gasteiger partial charge < -0.3 is 16.0 Å². The van der Waals surface area contributed by atoms with Crippen LogP contribution in [0.5, 0.6) is 0 Å². The van der Waals surface area contributed by atoms with E-state index in [4.69, 9.17) is 5.73 Å². The molecule has 0 spiro atoms. The third kappa shape index (κ3) is 4.99. The van der Waals surface area contributed by atoms with Gasteiger partial charge in [0.1, 0.15) is 0 Å². The Bertz CT molecular complexity index is 705. The van der Waals surface area contributed by atoms with Crippen LogP contribution in [0.1, 0.15) is 36.9 Å². The molecule has 0 atom stereocenters.